The van der Waals surface area contributed by atoms with Crippen molar-refractivity contribution in [3.05, 3.63) is 71.8 Å². The van der Waals surface area contributed by atoms with Crippen LogP contribution in [0.5, 0.6) is 0 Å². The van der Waals surface area contributed by atoms with E-state index in [1.165, 1.54) is 0 Å². The van der Waals surface area contributed by atoms with Crippen molar-refractivity contribution in [2.24, 2.45) is 0 Å². The average Bonchev–Trinajstić information content (AvgIpc) is 2.77. The van der Waals surface area contributed by atoms with E-state index in [4.69, 9.17) is 0 Å². The van der Waals surface area contributed by atoms with E-state index in [9.17, 15) is 9.59 Å². The Labute approximate surface area is 172 Å². The summed E-state index contributed by atoms with van der Waals surface area (Å²) in [4.78, 5) is 29.0. The minimum atomic E-state index is -0.173. The molecule has 154 valence electrons. The van der Waals surface area contributed by atoms with Gasteiger partial charge in [0.05, 0.1) is 12.6 Å². The molecule has 2 aromatic rings. The molecule has 2 amide bonds. The summed E-state index contributed by atoms with van der Waals surface area (Å²) in [6.45, 7) is 6.59. The highest BCUT2D eigenvalue weighted by molar-refractivity contribution is 5.81. The third kappa shape index (κ3) is 6.69. The first kappa shape index (κ1) is 21.0. The molecule has 1 atom stereocenters. The summed E-state index contributed by atoms with van der Waals surface area (Å²) in [7, 11) is 0. The van der Waals surface area contributed by atoms with Gasteiger partial charge in [-0.1, -0.05) is 60.7 Å². The van der Waals surface area contributed by atoms with Crippen molar-refractivity contribution in [3.8, 4) is 0 Å². The van der Waals surface area contributed by atoms with E-state index >= 15 is 0 Å². The van der Waals surface area contributed by atoms with Gasteiger partial charge in [-0.15, -0.1) is 0 Å². The van der Waals surface area contributed by atoms with Crippen LogP contribution < -0.4 is 10.6 Å². The average molecular weight is 395 g/mol. The molecule has 1 aliphatic rings. The van der Waals surface area contributed by atoms with Crippen LogP contribution in [0, 0.1) is 0 Å². The van der Waals surface area contributed by atoms with Crippen LogP contribution >= 0.6 is 0 Å². The molecular weight excluding hydrogens is 364 g/mol. The number of hydrogen-bond donors (Lipinski definition) is 2. The van der Waals surface area contributed by atoms with E-state index in [0.29, 0.717) is 19.6 Å². The van der Waals surface area contributed by atoms with Crippen molar-refractivity contribution in [2.75, 3.05) is 32.7 Å². The first-order valence-electron chi connectivity index (χ1n) is 10.2. The maximum Gasteiger partial charge on any atom is 0.237 e. The quantitative estimate of drug-likeness (QED) is 0.714. The number of rotatable bonds is 8. The zero-order chi connectivity index (χ0) is 20.5. The van der Waals surface area contributed by atoms with Crippen LogP contribution in [-0.2, 0) is 22.7 Å². The number of amides is 2. The zero-order valence-corrected chi connectivity index (χ0v) is 17.0. The van der Waals surface area contributed by atoms with E-state index in [1.54, 1.807) is 0 Å². The molecule has 0 aromatic heterocycles. The van der Waals surface area contributed by atoms with Gasteiger partial charge in [0.25, 0.3) is 0 Å². The number of carbonyl (C=O) groups is 2. The van der Waals surface area contributed by atoms with Gasteiger partial charge in [-0.2, -0.15) is 0 Å². The Morgan fingerprint density at radius 2 is 1.34 bits per heavy atom. The Kier molecular flexibility index (Phi) is 7.78. The third-order valence-corrected chi connectivity index (χ3v) is 5.34. The van der Waals surface area contributed by atoms with Crippen molar-refractivity contribution in [3.63, 3.8) is 0 Å². The highest BCUT2D eigenvalue weighted by atomic mass is 16.2. The zero-order valence-electron chi connectivity index (χ0n) is 17.0. The van der Waals surface area contributed by atoms with Crippen LogP contribution in [0.1, 0.15) is 18.1 Å². The standard InChI is InChI=1S/C23H30N4O2/c1-19(23(29)25-17-21-10-6-3-7-11-21)27-14-12-26(13-15-27)18-22(28)24-16-20-8-4-2-5-9-20/h2-11,19H,12-18H2,1H3,(H,24,28)(H,25,29). The lowest BCUT2D eigenvalue weighted by atomic mass is 10.2. The molecule has 0 bridgehead atoms. The first-order chi connectivity index (χ1) is 14.1. The molecule has 0 spiro atoms. The lowest BCUT2D eigenvalue weighted by molar-refractivity contribution is -0.128. The molecule has 1 saturated heterocycles. The van der Waals surface area contributed by atoms with Crippen LogP contribution in [0.15, 0.2) is 60.7 Å². The number of benzene rings is 2. The summed E-state index contributed by atoms with van der Waals surface area (Å²) in [5.74, 6) is 0.0823. The lowest BCUT2D eigenvalue weighted by Gasteiger charge is -2.37. The highest BCUT2D eigenvalue weighted by Crippen LogP contribution is 2.07. The van der Waals surface area contributed by atoms with Crippen molar-refractivity contribution < 1.29 is 9.59 Å². The van der Waals surface area contributed by atoms with Crippen LogP contribution in [0.3, 0.4) is 0 Å². The Hall–Kier alpha value is -2.70. The highest BCUT2D eigenvalue weighted by Gasteiger charge is 2.26. The van der Waals surface area contributed by atoms with E-state index in [1.807, 2.05) is 67.6 Å². The normalized spacial score (nSPS) is 16.2. The molecule has 29 heavy (non-hydrogen) atoms. The molecule has 0 saturated carbocycles. The SMILES string of the molecule is CC(C(=O)NCc1ccccc1)N1CCN(CC(=O)NCc2ccccc2)CC1. The minimum absolute atomic E-state index is 0.0379. The number of nitrogens with one attached hydrogen (secondary N) is 2. The number of nitrogens with zero attached hydrogens (tertiary/aromatic N) is 2. The van der Waals surface area contributed by atoms with Gasteiger partial charge in [0.2, 0.25) is 11.8 Å². The van der Waals surface area contributed by atoms with E-state index in [0.717, 1.165) is 37.3 Å². The lowest BCUT2D eigenvalue weighted by Crippen LogP contribution is -2.55. The monoisotopic (exact) mass is 394 g/mol. The van der Waals surface area contributed by atoms with Crippen molar-refractivity contribution >= 4 is 11.8 Å². The molecule has 2 aromatic carbocycles. The van der Waals surface area contributed by atoms with E-state index in [-0.39, 0.29) is 17.9 Å². The largest absolute Gasteiger partial charge is 0.351 e. The molecule has 0 aliphatic carbocycles. The first-order valence-corrected chi connectivity index (χ1v) is 10.2. The molecule has 1 fully saturated rings. The van der Waals surface area contributed by atoms with Gasteiger partial charge in [0.1, 0.15) is 0 Å². The summed E-state index contributed by atoms with van der Waals surface area (Å²) in [6.07, 6.45) is 0. The Morgan fingerprint density at radius 3 is 1.90 bits per heavy atom. The predicted molar refractivity (Wildman–Crippen MR) is 114 cm³/mol. The molecule has 2 N–H and O–H groups in total. The van der Waals surface area contributed by atoms with Crippen LogP contribution in [-0.4, -0.2) is 60.4 Å². The maximum atomic E-state index is 12.5. The fourth-order valence-electron chi connectivity index (χ4n) is 3.46. The van der Waals surface area contributed by atoms with Gasteiger partial charge in [-0.05, 0) is 18.1 Å². The van der Waals surface area contributed by atoms with Crippen LogP contribution in [0.2, 0.25) is 0 Å². The number of hydrogen-bond acceptors (Lipinski definition) is 4. The second-order valence-corrected chi connectivity index (χ2v) is 7.45. The molecule has 6 nitrogen and oxygen atoms in total. The number of piperazine rings is 1. The van der Waals surface area contributed by atoms with Gasteiger partial charge in [0.15, 0.2) is 0 Å². The summed E-state index contributed by atoms with van der Waals surface area (Å²) >= 11 is 0. The van der Waals surface area contributed by atoms with Gasteiger partial charge in [0, 0.05) is 39.3 Å². The topological polar surface area (TPSA) is 64.7 Å². The molecule has 6 heteroatoms. The summed E-state index contributed by atoms with van der Waals surface area (Å²) in [6, 6.07) is 19.7. The predicted octanol–water partition coefficient (Wildman–Crippen LogP) is 1.63. The Bertz CT molecular complexity index is 774. The molecule has 0 radical (unpaired) electrons. The second kappa shape index (κ2) is 10.7. The fourth-order valence-corrected chi connectivity index (χ4v) is 3.46. The van der Waals surface area contributed by atoms with Crippen molar-refractivity contribution in [1.82, 2.24) is 20.4 Å². The van der Waals surface area contributed by atoms with Crippen molar-refractivity contribution in [2.45, 2.75) is 26.1 Å². The van der Waals surface area contributed by atoms with Crippen LogP contribution in [0.25, 0.3) is 0 Å². The second-order valence-electron chi connectivity index (χ2n) is 7.45. The van der Waals surface area contributed by atoms with Gasteiger partial charge in [-0.3, -0.25) is 19.4 Å². The fraction of sp³-hybridized carbons (Fsp3) is 0.391. The summed E-state index contributed by atoms with van der Waals surface area (Å²) < 4.78 is 0. The van der Waals surface area contributed by atoms with Gasteiger partial charge < -0.3 is 10.6 Å². The molecular formula is C23H30N4O2. The van der Waals surface area contributed by atoms with Crippen LogP contribution in [0.4, 0.5) is 0 Å². The Balaban J connectivity index is 1.35. The van der Waals surface area contributed by atoms with Gasteiger partial charge >= 0.3 is 0 Å². The smallest absolute Gasteiger partial charge is 0.237 e. The molecule has 1 heterocycles. The minimum Gasteiger partial charge on any atom is -0.351 e. The Morgan fingerprint density at radius 1 is 0.828 bits per heavy atom. The summed E-state index contributed by atoms with van der Waals surface area (Å²) in [5.41, 5.74) is 2.19. The van der Waals surface area contributed by atoms with Crippen molar-refractivity contribution in [1.29, 1.82) is 0 Å². The summed E-state index contributed by atoms with van der Waals surface area (Å²) in [5, 5.41) is 5.99. The molecule has 3 rings (SSSR count). The molecule has 1 aliphatic heterocycles. The maximum absolute atomic E-state index is 12.5. The van der Waals surface area contributed by atoms with E-state index in [2.05, 4.69) is 20.4 Å². The molecule has 1 unspecified atom stereocenters. The number of carbonyl (C=O) groups excluding carboxylic acids is 2. The van der Waals surface area contributed by atoms with E-state index < -0.39 is 0 Å². The third-order valence-electron chi connectivity index (χ3n) is 5.34. The van der Waals surface area contributed by atoms with Gasteiger partial charge in [-0.25, -0.2) is 0 Å².